The van der Waals surface area contributed by atoms with E-state index in [4.69, 9.17) is 18.4 Å². The van der Waals surface area contributed by atoms with Gasteiger partial charge in [0.05, 0.1) is 28.8 Å². The van der Waals surface area contributed by atoms with Gasteiger partial charge in [-0.2, -0.15) is 13.2 Å². The highest BCUT2D eigenvalue weighted by Gasteiger charge is 2.29. The molecule has 0 unspecified atom stereocenters. The molecule has 2 aromatic carbocycles. The zero-order chi connectivity index (χ0) is 26.3. The first-order valence-electron chi connectivity index (χ1n) is 11.0. The van der Waals surface area contributed by atoms with E-state index in [9.17, 15) is 18.0 Å². The van der Waals surface area contributed by atoms with Crippen molar-refractivity contribution in [2.75, 3.05) is 6.61 Å². The van der Waals surface area contributed by atoms with E-state index in [2.05, 4.69) is 9.97 Å². The third-order valence-electron chi connectivity index (χ3n) is 5.11. The smallest absolute Gasteiger partial charge is 0.484 e. The second kappa shape index (κ2) is 12.0. The van der Waals surface area contributed by atoms with E-state index in [0.717, 1.165) is 17.6 Å². The molecule has 0 saturated heterocycles. The van der Waals surface area contributed by atoms with Crippen LogP contribution in [0.5, 0.6) is 5.75 Å². The summed E-state index contributed by atoms with van der Waals surface area (Å²) in [6.07, 6.45) is -3.93. The van der Waals surface area contributed by atoms with Crippen LogP contribution < -0.4 is 4.74 Å². The Kier molecular flexibility index (Phi) is 8.51. The lowest BCUT2D eigenvalue weighted by atomic mass is 10.2. The molecule has 0 fully saturated rings. The fraction of sp³-hybridized carbons (Fsp3) is 0.240. The van der Waals surface area contributed by atoms with Gasteiger partial charge in [-0.1, -0.05) is 42.5 Å². The SMILES string of the molecule is Cc1c(OCC(F)(F)F)ccnc1COSc1nc2ccccc2n1COC(=O)OCc1ccccc1. The fourth-order valence-electron chi connectivity index (χ4n) is 3.28. The number of ether oxygens (including phenoxy) is 3. The minimum absolute atomic E-state index is 0.0249. The van der Waals surface area contributed by atoms with Gasteiger partial charge in [0.25, 0.3) is 0 Å². The van der Waals surface area contributed by atoms with Crippen LogP contribution >= 0.6 is 12.0 Å². The van der Waals surface area contributed by atoms with Crippen molar-refractivity contribution >= 4 is 29.2 Å². The van der Waals surface area contributed by atoms with Crippen molar-refractivity contribution in [3.8, 4) is 5.75 Å². The van der Waals surface area contributed by atoms with Gasteiger partial charge in [-0.15, -0.1) is 0 Å². The van der Waals surface area contributed by atoms with Crippen molar-refractivity contribution in [1.82, 2.24) is 14.5 Å². The quantitative estimate of drug-likeness (QED) is 0.176. The number of rotatable bonds is 10. The molecule has 0 aliphatic rings. The molecule has 0 aliphatic carbocycles. The number of imidazole rings is 1. The number of hydrogen-bond donors (Lipinski definition) is 0. The van der Waals surface area contributed by atoms with E-state index in [0.29, 0.717) is 27.4 Å². The highest BCUT2D eigenvalue weighted by atomic mass is 32.2. The minimum atomic E-state index is -4.45. The Morgan fingerprint density at radius 3 is 2.54 bits per heavy atom. The number of benzene rings is 2. The van der Waals surface area contributed by atoms with Gasteiger partial charge < -0.3 is 18.4 Å². The van der Waals surface area contributed by atoms with Crippen molar-refractivity contribution < 1.29 is 36.4 Å². The molecule has 0 N–H and O–H groups in total. The van der Waals surface area contributed by atoms with Crippen LogP contribution in [0.3, 0.4) is 0 Å². The van der Waals surface area contributed by atoms with Crippen LogP contribution in [-0.2, 0) is 33.6 Å². The number of pyridine rings is 1. The van der Waals surface area contributed by atoms with Gasteiger partial charge in [-0.3, -0.25) is 9.55 Å². The number of nitrogens with zero attached hydrogens (tertiary/aromatic N) is 3. The molecule has 0 atom stereocenters. The largest absolute Gasteiger partial charge is 0.510 e. The topological polar surface area (TPSA) is 84.7 Å². The lowest BCUT2D eigenvalue weighted by Crippen LogP contribution is -2.19. The number of para-hydroxylation sites is 2. The Balaban J connectivity index is 1.38. The molecule has 12 heteroatoms. The predicted octanol–water partition coefficient (Wildman–Crippen LogP) is 6.22. The summed E-state index contributed by atoms with van der Waals surface area (Å²) in [5, 5.41) is 0.402. The first kappa shape index (κ1) is 26.3. The maximum absolute atomic E-state index is 12.5. The van der Waals surface area contributed by atoms with Crippen LogP contribution in [0, 0.1) is 6.92 Å². The highest BCUT2D eigenvalue weighted by Crippen LogP contribution is 2.28. The van der Waals surface area contributed by atoms with E-state index in [1.165, 1.54) is 12.3 Å². The van der Waals surface area contributed by atoms with Crippen LogP contribution in [0.4, 0.5) is 18.0 Å². The Morgan fingerprint density at radius 1 is 1.00 bits per heavy atom. The normalized spacial score (nSPS) is 11.5. The summed E-state index contributed by atoms with van der Waals surface area (Å²) in [6, 6.07) is 17.8. The first-order chi connectivity index (χ1) is 17.8. The van der Waals surface area contributed by atoms with Crippen molar-refractivity contribution in [2.45, 2.75) is 38.2 Å². The van der Waals surface area contributed by atoms with E-state index >= 15 is 0 Å². The molecular weight excluding hydrogens is 511 g/mol. The number of hydrogen-bond acceptors (Lipinski definition) is 8. The molecule has 194 valence electrons. The summed E-state index contributed by atoms with van der Waals surface area (Å²) in [4.78, 5) is 20.8. The summed E-state index contributed by atoms with van der Waals surface area (Å²) in [5.41, 5.74) is 3.04. The minimum Gasteiger partial charge on any atom is -0.484 e. The number of carbonyl (C=O) groups excluding carboxylic acids is 1. The summed E-state index contributed by atoms with van der Waals surface area (Å²) in [5.74, 6) is 0.0746. The van der Waals surface area contributed by atoms with Crippen molar-refractivity contribution in [2.24, 2.45) is 0 Å². The molecule has 0 radical (unpaired) electrons. The Labute approximate surface area is 214 Å². The van der Waals surface area contributed by atoms with Gasteiger partial charge >= 0.3 is 12.3 Å². The van der Waals surface area contributed by atoms with Crippen molar-refractivity contribution in [3.05, 3.63) is 83.7 Å². The molecule has 0 bridgehead atoms. The molecule has 0 saturated carbocycles. The average Bonchev–Trinajstić information content (AvgIpc) is 3.24. The first-order valence-corrected chi connectivity index (χ1v) is 11.8. The monoisotopic (exact) mass is 533 g/mol. The molecule has 0 aliphatic heterocycles. The molecule has 8 nitrogen and oxygen atoms in total. The van der Waals surface area contributed by atoms with Gasteiger partial charge in [0.15, 0.2) is 18.5 Å². The summed E-state index contributed by atoms with van der Waals surface area (Å²) < 4.78 is 60.2. The predicted molar refractivity (Wildman–Crippen MR) is 129 cm³/mol. The maximum Gasteiger partial charge on any atom is 0.510 e. The number of alkyl halides is 3. The Hall–Kier alpha value is -3.77. The van der Waals surface area contributed by atoms with Gasteiger partial charge in [0.2, 0.25) is 0 Å². The standard InChI is InChI=1S/C25H22F3N3O5S/c1-17-20(29-12-11-22(17)34-15-25(26,27)28)14-36-37-23-30-19-9-5-6-10-21(19)31(23)16-35-24(32)33-13-18-7-3-2-4-8-18/h2-12H,13-16H2,1H3. The summed E-state index contributed by atoms with van der Waals surface area (Å²) in [7, 11) is 0. The lowest BCUT2D eigenvalue weighted by molar-refractivity contribution is -0.153. The molecule has 0 spiro atoms. The molecule has 0 amide bonds. The number of halogens is 3. The zero-order valence-electron chi connectivity index (χ0n) is 19.6. The third-order valence-corrected chi connectivity index (χ3v) is 5.81. The highest BCUT2D eigenvalue weighted by molar-refractivity contribution is 7.94. The van der Waals surface area contributed by atoms with Crippen LogP contribution in [0.1, 0.15) is 16.8 Å². The van der Waals surface area contributed by atoms with Crippen molar-refractivity contribution in [1.29, 1.82) is 0 Å². The number of carbonyl (C=O) groups is 1. The van der Waals surface area contributed by atoms with Gasteiger partial charge in [-0.05, 0) is 30.7 Å². The van der Waals surface area contributed by atoms with Gasteiger partial charge in [0, 0.05) is 11.8 Å². The zero-order valence-corrected chi connectivity index (χ0v) is 20.4. The molecule has 2 aromatic heterocycles. The van der Waals surface area contributed by atoms with Crippen LogP contribution in [0.2, 0.25) is 0 Å². The van der Waals surface area contributed by atoms with Gasteiger partial charge in [0.1, 0.15) is 19.0 Å². The van der Waals surface area contributed by atoms with E-state index in [1.807, 2.05) is 48.5 Å². The Morgan fingerprint density at radius 2 is 1.76 bits per heavy atom. The summed E-state index contributed by atoms with van der Waals surface area (Å²) in [6.45, 7) is 0.0881. The third kappa shape index (κ3) is 7.37. The lowest BCUT2D eigenvalue weighted by Gasteiger charge is -2.13. The molecule has 4 aromatic rings. The second-order valence-corrected chi connectivity index (χ2v) is 8.51. The second-order valence-electron chi connectivity index (χ2n) is 7.74. The maximum atomic E-state index is 12.5. The molecule has 37 heavy (non-hydrogen) atoms. The molecule has 4 rings (SSSR count). The van der Waals surface area contributed by atoms with Crippen molar-refractivity contribution in [3.63, 3.8) is 0 Å². The number of fused-ring (bicyclic) bond motifs is 1. The van der Waals surface area contributed by atoms with Crippen LogP contribution in [-0.4, -0.2) is 33.5 Å². The average molecular weight is 534 g/mol. The summed E-state index contributed by atoms with van der Waals surface area (Å²) >= 11 is 0.921. The van der Waals surface area contributed by atoms with E-state index < -0.39 is 18.9 Å². The molecule has 2 heterocycles. The van der Waals surface area contributed by atoms with E-state index in [1.54, 1.807) is 17.6 Å². The number of aromatic nitrogens is 3. The van der Waals surface area contributed by atoms with E-state index in [-0.39, 0.29) is 25.7 Å². The van der Waals surface area contributed by atoms with Gasteiger partial charge in [-0.25, -0.2) is 9.78 Å². The molecular formula is C25H22F3N3O5S. The van der Waals surface area contributed by atoms with Crippen LogP contribution in [0.25, 0.3) is 11.0 Å². The van der Waals surface area contributed by atoms with Crippen LogP contribution in [0.15, 0.2) is 72.0 Å². The Bertz CT molecular complexity index is 1350. The fourth-order valence-corrected chi connectivity index (χ4v) is 3.93.